The maximum absolute atomic E-state index is 13.8. The molecule has 0 saturated carbocycles. The summed E-state index contributed by atoms with van der Waals surface area (Å²) < 4.78 is 33.0. The van der Waals surface area contributed by atoms with E-state index in [9.17, 15) is 13.9 Å². The second kappa shape index (κ2) is 9.61. The van der Waals surface area contributed by atoms with Gasteiger partial charge in [0.1, 0.15) is 17.3 Å². The summed E-state index contributed by atoms with van der Waals surface area (Å²) in [6.07, 6.45) is 2.56. The van der Waals surface area contributed by atoms with Crippen molar-refractivity contribution in [1.29, 1.82) is 0 Å². The predicted molar refractivity (Wildman–Crippen MR) is 115 cm³/mol. The number of phenols is 1. The first-order valence-corrected chi connectivity index (χ1v) is 10.1. The van der Waals surface area contributed by atoms with Crippen molar-refractivity contribution in [2.45, 2.75) is 39.7 Å². The minimum Gasteiger partial charge on any atom is -0.508 e. The Kier molecular flexibility index (Phi) is 6.93. The number of phenolic OH excluding ortho intramolecular Hbond substituents is 1. The van der Waals surface area contributed by atoms with Gasteiger partial charge in [0.05, 0.1) is 5.70 Å². The van der Waals surface area contributed by atoms with Crippen LogP contribution in [-0.2, 0) is 19.4 Å². The zero-order valence-corrected chi connectivity index (χ0v) is 17.3. The number of nitrogens with one attached hydrogen (secondary N) is 1. The van der Waals surface area contributed by atoms with E-state index in [0.29, 0.717) is 23.8 Å². The van der Waals surface area contributed by atoms with Crippen LogP contribution in [0.5, 0.6) is 5.75 Å². The third-order valence-corrected chi connectivity index (χ3v) is 5.03. The number of aromatic hydroxyl groups is 1. The molecule has 2 aromatic carbocycles. The van der Waals surface area contributed by atoms with E-state index in [1.165, 1.54) is 17.7 Å². The van der Waals surface area contributed by atoms with Crippen molar-refractivity contribution in [3.63, 3.8) is 0 Å². The zero-order chi connectivity index (χ0) is 21.7. The summed E-state index contributed by atoms with van der Waals surface area (Å²) in [5.74, 6) is 0.356. The largest absolute Gasteiger partial charge is 0.508 e. The molecule has 0 fully saturated rings. The molecule has 0 amide bonds. The molecular weight excluding hydrogens is 384 g/mol. The molecule has 3 nitrogen and oxygen atoms in total. The lowest BCUT2D eigenvalue weighted by atomic mass is 9.96. The SMILES string of the molecule is C=C(NCc1cccc(F)c1F)c1ccc(Cc2cc(O)ccc2CCC(C)C)o1. The van der Waals surface area contributed by atoms with Gasteiger partial charge in [0.2, 0.25) is 0 Å². The molecule has 0 saturated heterocycles. The third-order valence-electron chi connectivity index (χ3n) is 5.03. The second-order valence-corrected chi connectivity index (χ2v) is 7.87. The van der Waals surface area contributed by atoms with E-state index >= 15 is 0 Å². The lowest BCUT2D eigenvalue weighted by molar-refractivity contribution is 0.472. The summed E-state index contributed by atoms with van der Waals surface area (Å²) in [4.78, 5) is 0. The van der Waals surface area contributed by atoms with Gasteiger partial charge in [-0.25, -0.2) is 8.78 Å². The van der Waals surface area contributed by atoms with Crippen molar-refractivity contribution in [2.24, 2.45) is 5.92 Å². The van der Waals surface area contributed by atoms with E-state index in [2.05, 4.69) is 25.7 Å². The van der Waals surface area contributed by atoms with Gasteiger partial charge in [-0.05, 0) is 60.2 Å². The number of benzene rings is 2. The van der Waals surface area contributed by atoms with Crippen LogP contribution in [0, 0.1) is 17.6 Å². The average Bonchev–Trinajstić information content (AvgIpc) is 3.17. The highest BCUT2D eigenvalue weighted by Gasteiger charge is 2.12. The van der Waals surface area contributed by atoms with E-state index in [-0.39, 0.29) is 17.9 Å². The van der Waals surface area contributed by atoms with Gasteiger partial charge in [-0.3, -0.25) is 0 Å². The Balaban J connectivity index is 1.67. The fraction of sp³-hybridized carbons (Fsp3) is 0.280. The van der Waals surface area contributed by atoms with E-state index in [0.717, 1.165) is 30.2 Å². The Hall–Kier alpha value is -3.08. The molecule has 0 spiro atoms. The van der Waals surface area contributed by atoms with Crippen LogP contribution in [0.3, 0.4) is 0 Å². The lowest BCUT2D eigenvalue weighted by Crippen LogP contribution is -2.12. The van der Waals surface area contributed by atoms with Gasteiger partial charge in [-0.15, -0.1) is 0 Å². The van der Waals surface area contributed by atoms with Crippen LogP contribution in [0.4, 0.5) is 8.78 Å². The Morgan fingerprint density at radius 2 is 1.87 bits per heavy atom. The molecule has 158 valence electrons. The minimum atomic E-state index is -0.875. The first kappa shape index (κ1) is 21.6. The standard InChI is InChI=1S/C25H27F2NO2/c1-16(2)7-8-18-9-10-21(29)13-20(18)14-22-11-12-24(30-22)17(3)28-15-19-5-4-6-23(26)25(19)27/h4-6,9-13,16,28-29H,3,7-8,14-15H2,1-2H3. The van der Waals surface area contributed by atoms with Crippen LogP contribution >= 0.6 is 0 Å². The minimum absolute atomic E-state index is 0.102. The Morgan fingerprint density at radius 1 is 1.07 bits per heavy atom. The Labute approximate surface area is 176 Å². The van der Waals surface area contributed by atoms with Crippen LogP contribution < -0.4 is 5.32 Å². The van der Waals surface area contributed by atoms with Gasteiger partial charge in [-0.1, -0.05) is 38.6 Å². The van der Waals surface area contributed by atoms with Gasteiger partial charge >= 0.3 is 0 Å². The van der Waals surface area contributed by atoms with Crippen molar-refractivity contribution in [3.05, 3.63) is 95.0 Å². The molecule has 3 rings (SSSR count). The van der Waals surface area contributed by atoms with Crippen LogP contribution in [0.25, 0.3) is 5.70 Å². The van der Waals surface area contributed by atoms with Crippen LogP contribution in [-0.4, -0.2) is 5.11 Å². The monoisotopic (exact) mass is 411 g/mol. The van der Waals surface area contributed by atoms with Crippen molar-refractivity contribution < 1.29 is 18.3 Å². The lowest BCUT2D eigenvalue weighted by Gasteiger charge is -2.11. The van der Waals surface area contributed by atoms with Gasteiger partial charge in [0, 0.05) is 18.5 Å². The number of furan rings is 1. The molecule has 2 N–H and O–H groups in total. The first-order valence-electron chi connectivity index (χ1n) is 10.1. The maximum Gasteiger partial charge on any atom is 0.163 e. The molecule has 0 aliphatic carbocycles. The molecule has 1 heterocycles. The van der Waals surface area contributed by atoms with Crippen molar-refractivity contribution >= 4 is 5.70 Å². The normalized spacial score (nSPS) is 11.1. The molecule has 0 aliphatic rings. The fourth-order valence-electron chi connectivity index (χ4n) is 3.26. The van der Waals surface area contributed by atoms with Crippen LogP contribution in [0.2, 0.25) is 0 Å². The van der Waals surface area contributed by atoms with Gasteiger partial charge in [0.15, 0.2) is 11.6 Å². The fourth-order valence-corrected chi connectivity index (χ4v) is 3.26. The topological polar surface area (TPSA) is 45.4 Å². The Bertz CT molecular complexity index is 1020. The molecule has 0 radical (unpaired) electrons. The quantitative estimate of drug-likeness (QED) is 0.440. The highest BCUT2D eigenvalue weighted by atomic mass is 19.2. The van der Waals surface area contributed by atoms with Crippen LogP contribution in [0.15, 0.2) is 59.5 Å². The number of hydrogen-bond donors (Lipinski definition) is 2. The summed E-state index contributed by atoms with van der Waals surface area (Å²) in [6.45, 7) is 8.41. The molecule has 0 aliphatic heterocycles. The third kappa shape index (κ3) is 5.50. The Morgan fingerprint density at radius 3 is 2.63 bits per heavy atom. The predicted octanol–water partition coefficient (Wildman–Crippen LogP) is 6.20. The van der Waals surface area contributed by atoms with Crippen molar-refractivity contribution in [3.8, 4) is 5.75 Å². The van der Waals surface area contributed by atoms with E-state index < -0.39 is 11.6 Å². The molecule has 5 heteroatoms. The maximum atomic E-state index is 13.8. The van der Waals surface area contributed by atoms with Gasteiger partial charge < -0.3 is 14.8 Å². The molecule has 0 atom stereocenters. The summed E-state index contributed by atoms with van der Waals surface area (Å²) in [5.41, 5.74) is 2.92. The summed E-state index contributed by atoms with van der Waals surface area (Å²) in [5, 5.41) is 12.9. The summed E-state index contributed by atoms with van der Waals surface area (Å²) in [6, 6.07) is 13.2. The van der Waals surface area contributed by atoms with E-state index in [1.807, 2.05) is 12.1 Å². The number of halogens is 2. The number of hydrogen-bond acceptors (Lipinski definition) is 3. The smallest absolute Gasteiger partial charge is 0.163 e. The molecule has 0 bridgehead atoms. The second-order valence-electron chi connectivity index (χ2n) is 7.87. The molecule has 0 unspecified atom stereocenters. The zero-order valence-electron chi connectivity index (χ0n) is 17.3. The van der Waals surface area contributed by atoms with E-state index in [4.69, 9.17) is 4.42 Å². The van der Waals surface area contributed by atoms with Crippen molar-refractivity contribution in [2.75, 3.05) is 0 Å². The first-order chi connectivity index (χ1) is 14.3. The molecule has 1 aromatic heterocycles. The van der Waals surface area contributed by atoms with Crippen molar-refractivity contribution in [1.82, 2.24) is 5.32 Å². The van der Waals surface area contributed by atoms with Gasteiger partial charge in [-0.2, -0.15) is 0 Å². The molecule has 3 aromatic rings. The van der Waals surface area contributed by atoms with E-state index in [1.54, 1.807) is 18.2 Å². The molecular formula is C25H27F2NO2. The summed E-state index contributed by atoms with van der Waals surface area (Å²) in [7, 11) is 0. The highest BCUT2D eigenvalue weighted by Crippen LogP contribution is 2.24. The van der Waals surface area contributed by atoms with Gasteiger partial charge in [0.25, 0.3) is 0 Å². The molecule has 30 heavy (non-hydrogen) atoms. The van der Waals surface area contributed by atoms with Crippen LogP contribution in [0.1, 0.15) is 48.5 Å². The average molecular weight is 411 g/mol. The highest BCUT2D eigenvalue weighted by molar-refractivity contribution is 5.57. The summed E-state index contributed by atoms with van der Waals surface area (Å²) >= 11 is 0. The number of rotatable bonds is 9. The number of aryl methyl sites for hydroxylation is 1.